The van der Waals surface area contributed by atoms with Crippen molar-refractivity contribution < 1.29 is 14.8 Å². The van der Waals surface area contributed by atoms with Gasteiger partial charge in [-0.3, -0.25) is 24.7 Å². The number of hydrogen-bond acceptors (Lipinski definition) is 6. The number of nitrogens with one attached hydrogen (secondary N) is 2. The number of hydrogen-bond donors (Lipinski definition) is 3. The van der Waals surface area contributed by atoms with E-state index in [9.17, 15) is 9.59 Å². The maximum Gasteiger partial charge on any atom is 0.243 e. The molecule has 1 aliphatic heterocycles. The van der Waals surface area contributed by atoms with Crippen LogP contribution in [-0.4, -0.2) is 51.0 Å². The van der Waals surface area contributed by atoms with Gasteiger partial charge in [0.1, 0.15) is 0 Å². The molecule has 8 heteroatoms. The third-order valence-electron chi connectivity index (χ3n) is 6.91. The first kappa shape index (κ1) is 20.2. The van der Waals surface area contributed by atoms with Gasteiger partial charge in [-0.2, -0.15) is 0 Å². The van der Waals surface area contributed by atoms with Crippen LogP contribution in [0.4, 0.5) is 5.82 Å². The van der Waals surface area contributed by atoms with E-state index in [1.54, 1.807) is 24.1 Å². The van der Waals surface area contributed by atoms with Crippen LogP contribution in [0.3, 0.4) is 0 Å². The minimum absolute atomic E-state index is 0.0412. The molecule has 29 heavy (non-hydrogen) atoms. The molecule has 3 N–H and O–H groups in total. The average Bonchev–Trinajstić information content (AvgIpc) is 3.11. The molecule has 0 radical (unpaired) electrons. The molecule has 2 aliphatic carbocycles. The molecule has 158 valence electrons. The van der Waals surface area contributed by atoms with Crippen molar-refractivity contribution in [3.63, 3.8) is 0 Å². The minimum Gasteiger partial charge on any atom is -0.308 e. The Balaban J connectivity index is 1.43. The molecule has 2 heterocycles. The van der Waals surface area contributed by atoms with Crippen molar-refractivity contribution in [3.8, 4) is 0 Å². The highest BCUT2D eigenvalue weighted by Gasteiger charge is 2.54. The summed E-state index contributed by atoms with van der Waals surface area (Å²) in [5.41, 5.74) is 2.05. The van der Waals surface area contributed by atoms with Crippen LogP contribution in [-0.2, 0) is 9.59 Å². The summed E-state index contributed by atoms with van der Waals surface area (Å²) in [5, 5.41) is 11.9. The van der Waals surface area contributed by atoms with Crippen molar-refractivity contribution in [1.82, 2.24) is 20.3 Å². The van der Waals surface area contributed by atoms with E-state index in [0.29, 0.717) is 24.7 Å². The van der Waals surface area contributed by atoms with Crippen LogP contribution in [0.15, 0.2) is 18.6 Å². The van der Waals surface area contributed by atoms with Crippen LogP contribution in [0.5, 0.6) is 0 Å². The summed E-state index contributed by atoms with van der Waals surface area (Å²) in [7, 11) is 0. The van der Waals surface area contributed by atoms with Gasteiger partial charge in [-0.05, 0) is 42.9 Å². The molecule has 2 atom stereocenters. The Bertz CT molecular complexity index is 718. The van der Waals surface area contributed by atoms with E-state index >= 15 is 0 Å². The van der Waals surface area contributed by atoms with E-state index in [0.717, 1.165) is 19.4 Å². The number of carbonyl (C=O) groups excluding carboxylic acids is 2. The molecule has 1 saturated heterocycles. The van der Waals surface area contributed by atoms with Crippen molar-refractivity contribution >= 4 is 17.6 Å². The summed E-state index contributed by atoms with van der Waals surface area (Å²) in [4.78, 5) is 35.3. The van der Waals surface area contributed by atoms with Crippen molar-refractivity contribution in [2.75, 3.05) is 18.4 Å². The van der Waals surface area contributed by atoms with Gasteiger partial charge in [0.2, 0.25) is 11.8 Å². The molecule has 3 fully saturated rings. The van der Waals surface area contributed by atoms with Gasteiger partial charge >= 0.3 is 0 Å². The average molecular weight is 402 g/mol. The van der Waals surface area contributed by atoms with E-state index in [-0.39, 0.29) is 29.2 Å². The van der Waals surface area contributed by atoms with Gasteiger partial charge in [-0.15, -0.1) is 0 Å². The molecule has 1 spiro atoms. The third kappa shape index (κ3) is 5.11. The first-order valence-corrected chi connectivity index (χ1v) is 10.8. The van der Waals surface area contributed by atoms with Crippen LogP contribution < -0.4 is 10.8 Å². The van der Waals surface area contributed by atoms with Gasteiger partial charge in [0.15, 0.2) is 5.82 Å². The zero-order valence-electron chi connectivity index (χ0n) is 16.8. The summed E-state index contributed by atoms with van der Waals surface area (Å²) >= 11 is 0. The predicted molar refractivity (Wildman–Crippen MR) is 107 cm³/mol. The minimum atomic E-state index is -0.339. The number of carbonyl (C=O) groups is 2. The molecule has 1 aromatic heterocycles. The second-order valence-electron chi connectivity index (χ2n) is 9.22. The summed E-state index contributed by atoms with van der Waals surface area (Å²) in [5.74, 6) is 0.882. The first-order valence-electron chi connectivity index (χ1n) is 10.8. The summed E-state index contributed by atoms with van der Waals surface area (Å²) in [6.45, 7) is 1.62. The van der Waals surface area contributed by atoms with E-state index in [4.69, 9.17) is 5.21 Å². The van der Waals surface area contributed by atoms with Crippen LogP contribution in [0.2, 0.25) is 0 Å². The van der Waals surface area contributed by atoms with Crippen molar-refractivity contribution in [1.29, 1.82) is 0 Å². The summed E-state index contributed by atoms with van der Waals surface area (Å²) in [6.07, 6.45) is 14.1. The molecule has 1 aromatic rings. The highest BCUT2D eigenvalue weighted by molar-refractivity contribution is 5.94. The van der Waals surface area contributed by atoms with Gasteiger partial charge < -0.3 is 5.32 Å². The van der Waals surface area contributed by atoms with Crippen LogP contribution in [0.25, 0.3) is 0 Å². The number of aromatic nitrogens is 2. The number of amides is 2. The zero-order valence-corrected chi connectivity index (χ0v) is 16.8. The monoisotopic (exact) mass is 401 g/mol. The van der Waals surface area contributed by atoms with Gasteiger partial charge in [-0.1, -0.05) is 25.7 Å². The second kappa shape index (κ2) is 8.75. The lowest BCUT2D eigenvalue weighted by Gasteiger charge is -2.29. The van der Waals surface area contributed by atoms with Crippen molar-refractivity contribution in [2.45, 2.75) is 63.8 Å². The van der Waals surface area contributed by atoms with Gasteiger partial charge in [-0.25, -0.2) is 10.5 Å². The van der Waals surface area contributed by atoms with Crippen molar-refractivity contribution in [2.24, 2.45) is 17.3 Å². The number of rotatable bonds is 8. The molecular weight excluding hydrogens is 370 g/mol. The van der Waals surface area contributed by atoms with Crippen LogP contribution in [0, 0.1) is 17.3 Å². The second-order valence-corrected chi connectivity index (χ2v) is 9.22. The number of nitrogens with zero attached hydrogens (tertiary/aromatic N) is 3. The Morgan fingerprint density at radius 1 is 1.28 bits per heavy atom. The molecule has 2 amide bonds. The van der Waals surface area contributed by atoms with E-state index in [1.807, 2.05) is 0 Å². The normalized spacial score (nSPS) is 24.5. The highest BCUT2D eigenvalue weighted by Crippen LogP contribution is 2.55. The Hall–Kier alpha value is -2.06. The molecule has 4 rings (SSSR count). The summed E-state index contributed by atoms with van der Waals surface area (Å²) in [6, 6.07) is -0.206. The zero-order chi connectivity index (χ0) is 20.3. The molecular formula is C21H31N5O3. The van der Waals surface area contributed by atoms with Gasteiger partial charge in [0, 0.05) is 31.9 Å². The molecule has 0 unspecified atom stereocenters. The smallest absolute Gasteiger partial charge is 0.243 e. The molecule has 2 saturated carbocycles. The standard InChI is InChI=1S/C21H31N5O3/c27-19(25-29)10-16(9-15-3-1-2-4-15)13-26-14-21(5-6-21)11-17(26)20(28)24-18-12-22-7-8-23-18/h7-8,12,15-17,29H,1-6,9-11,13-14H2,(H,25,27)(H,23,24,28)/t16-,17+/m1/s1. The lowest BCUT2D eigenvalue weighted by molar-refractivity contribution is -0.130. The number of likely N-dealkylation sites (tertiary alicyclic amines) is 1. The fourth-order valence-electron chi connectivity index (χ4n) is 5.29. The maximum absolute atomic E-state index is 13.0. The quantitative estimate of drug-likeness (QED) is 0.456. The molecule has 8 nitrogen and oxygen atoms in total. The molecule has 0 aromatic carbocycles. The van der Waals surface area contributed by atoms with Gasteiger partial charge in [0.05, 0.1) is 12.2 Å². The number of anilines is 1. The third-order valence-corrected chi connectivity index (χ3v) is 6.91. The number of hydroxylamine groups is 1. The highest BCUT2D eigenvalue weighted by atomic mass is 16.5. The van der Waals surface area contributed by atoms with Crippen LogP contribution in [0.1, 0.15) is 57.8 Å². The molecule has 0 bridgehead atoms. The SMILES string of the molecule is O=C(C[C@@H](CC1CCCC1)CN1CC2(CC2)C[C@H]1C(=O)Nc1cnccn1)NO. The van der Waals surface area contributed by atoms with E-state index in [1.165, 1.54) is 38.5 Å². The Kier molecular flexibility index (Phi) is 6.10. The molecule has 3 aliphatic rings. The van der Waals surface area contributed by atoms with E-state index < -0.39 is 0 Å². The Morgan fingerprint density at radius 2 is 2.07 bits per heavy atom. The first-order chi connectivity index (χ1) is 14.1. The lowest BCUT2D eigenvalue weighted by atomic mass is 9.90. The Morgan fingerprint density at radius 3 is 2.72 bits per heavy atom. The maximum atomic E-state index is 13.0. The fourth-order valence-corrected chi connectivity index (χ4v) is 5.29. The van der Waals surface area contributed by atoms with Gasteiger partial charge in [0.25, 0.3) is 0 Å². The summed E-state index contributed by atoms with van der Waals surface area (Å²) < 4.78 is 0. The van der Waals surface area contributed by atoms with E-state index in [2.05, 4.69) is 20.2 Å². The fraction of sp³-hybridized carbons (Fsp3) is 0.714. The Labute approximate surface area is 171 Å². The van der Waals surface area contributed by atoms with Crippen molar-refractivity contribution in [3.05, 3.63) is 18.6 Å². The topological polar surface area (TPSA) is 107 Å². The van der Waals surface area contributed by atoms with Crippen LogP contribution >= 0.6 is 0 Å². The largest absolute Gasteiger partial charge is 0.308 e. The predicted octanol–water partition coefficient (Wildman–Crippen LogP) is 2.36. The lowest BCUT2D eigenvalue weighted by Crippen LogP contribution is -2.43.